The van der Waals surface area contributed by atoms with E-state index in [1.807, 2.05) is 74.4 Å². The molecule has 0 amide bonds. The predicted molar refractivity (Wildman–Crippen MR) is 335 cm³/mol. The van der Waals surface area contributed by atoms with Crippen molar-refractivity contribution in [1.29, 1.82) is 0 Å². The number of hydrogen-bond acceptors (Lipinski definition) is 6. The summed E-state index contributed by atoms with van der Waals surface area (Å²) in [5.74, 6) is -0.152. The van der Waals surface area contributed by atoms with Gasteiger partial charge in [-0.15, -0.1) is 0 Å². The Bertz CT molecular complexity index is 3050. The minimum atomic E-state index is -1.77. The topological polar surface area (TPSA) is 52.2 Å². The molecular formula is C72H103F5N2O4. The summed E-state index contributed by atoms with van der Waals surface area (Å²) < 4.78 is 136. The van der Waals surface area contributed by atoms with E-state index in [1.54, 1.807) is 43.3 Å². The van der Waals surface area contributed by atoms with Crippen LogP contribution in [-0.2, 0) is 27.1 Å². The second kappa shape index (κ2) is 30.7. The van der Waals surface area contributed by atoms with E-state index in [4.69, 9.17) is 27.2 Å². The number of nitrogens with zero attached hydrogens (tertiary/aromatic N) is 1. The van der Waals surface area contributed by atoms with Crippen LogP contribution in [0.5, 0.6) is 23.0 Å². The minimum Gasteiger partial charge on any atom is -0.493 e. The van der Waals surface area contributed by atoms with E-state index < -0.39 is 31.3 Å². The van der Waals surface area contributed by atoms with Crippen LogP contribution >= 0.6 is 0 Å². The van der Waals surface area contributed by atoms with Gasteiger partial charge in [-0.05, 0) is 210 Å². The molecule has 1 heterocycles. The van der Waals surface area contributed by atoms with E-state index in [9.17, 15) is 22.0 Å². The monoisotopic (exact) mass is 1160 g/mol. The molecule has 1 N–H and O–H groups in total. The summed E-state index contributed by atoms with van der Waals surface area (Å²) in [4.78, 5) is 2.40. The Morgan fingerprint density at radius 3 is 1.30 bits per heavy atom. The maximum absolute atomic E-state index is 13.8. The molecule has 5 aromatic rings. The molecule has 460 valence electrons. The van der Waals surface area contributed by atoms with E-state index in [1.165, 1.54) is 68.5 Å². The molecule has 4 aliphatic rings. The SMILES string of the molecule is CC(C)(C)c1cc(F)cc(NCC2CC2)c1.CC(C)(C)c1ccc(F)c(OCCN2CCCCC2)c1.[2H]C([2H])(CC)Oc1cc(F)cc(C(C)(C)C)c1.[2H]C([2H])(Oc1cc(C(C)(C)C)ccc1F)C1CC1.[2H]C([2H])(Oc1cc(F)cc(C(C)(C)C)c1)C1CC1. The number of piperidine rings is 1. The molecule has 0 unspecified atom stereocenters. The Hall–Kier alpha value is -5.29. The highest BCUT2D eigenvalue weighted by Gasteiger charge is 2.26. The molecule has 6 nitrogen and oxygen atoms in total. The third kappa shape index (κ3) is 25.8. The van der Waals surface area contributed by atoms with Crippen LogP contribution in [0.4, 0.5) is 27.6 Å². The molecule has 5 aromatic carbocycles. The maximum atomic E-state index is 13.8. The first kappa shape index (κ1) is 59.4. The van der Waals surface area contributed by atoms with Crippen molar-refractivity contribution in [2.75, 3.05) is 57.8 Å². The Kier molecular flexibility index (Phi) is 22.0. The van der Waals surface area contributed by atoms with E-state index in [-0.39, 0.29) is 80.0 Å². The summed E-state index contributed by atoms with van der Waals surface area (Å²) >= 11 is 0. The van der Waals surface area contributed by atoms with Gasteiger partial charge >= 0.3 is 0 Å². The molecule has 4 fully saturated rings. The average molecular weight is 1160 g/mol. The fourth-order valence-electron chi connectivity index (χ4n) is 8.27. The van der Waals surface area contributed by atoms with Crippen LogP contribution in [-0.4, -0.2) is 57.4 Å². The molecule has 1 saturated heterocycles. The molecule has 3 aliphatic carbocycles. The number of benzene rings is 5. The Morgan fingerprint density at radius 1 is 0.458 bits per heavy atom. The Balaban J connectivity index is 0.000000203. The number of halogens is 5. The number of rotatable bonds is 16. The Labute approximate surface area is 506 Å². The van der Waals surface area contributed by atoms with Gasteiger partial charge in [0.15, 0.2) is 23.1 Å². The van der Waals surface area contributed by atoms with Gasteiger partial charge in [0.1, 0.15) is 35.6 Å². The minimum absolute atomic E-state index is 0.00187. The van der Waals surface area contributed by atoms with Crippen molar-refractivity contribution in [2.24, 2.45) is 17.8 Å². The maximum Gasteiger partial charge on any atom is 0.165 e. The van der Waals surface area contributed by atoms with E-state index >= 15 is 0 Å². The van der Waals surface area contributed by atoms with Crippen molar-refractivity contribution in [1.82, 2.24) is 4.90 Å². The molecule has 9 rings (SSSR count). The number of likely N-dealkylation sites (tertiary alicyclic amines) is 1. The van der Waals surface area contributed by atoms with Crippen LogP contribution in [0.15, 0.2) is 91.0 Å². The van der Waals surface area contributed by atoms with Gasteiger partial charge in [0.2, 0.25) is 0 Å². The summed E-state index contributed by atoms with van der Waals surface area (Å²) in [5.41, 5.74) is 5.11. The van der Waals surface area contributed by atoms with E-state index in [0.29, 0.717) is 12.4 Å². The normalized spacial score (nSPS) is 17.2. The number of nitrogens with one attached hydrogen (secondary N) is 1. The summed E-state index contributed by atoms with van der Waals surface area (Å²) in [6, 6.07) is 23.9. The van der Waals surface area contributed by atoms with Crippen molar-refractivity contribution < 1.29 is 49.1 Å². The van der Waals surface area contributed by atoms with Crippen molar-refractivity contribution in [2.45, 2.75) is 202 Å². The second-order valence-corrected chi connectivity index (χ2v) is 27.8. The van der Waals surface area contributed by atoms with Crippen molar-refractivity contribution >= 4 is 5.69 Å². The predicted octanol–water partition coefficient (Wildman–Crippen LogP) is 19.7. The molecule has 0 bridgehead atoms. The standard InChI is InChI=1S/C17H26FNO.C14H20FN.2C14H19FO.C13H19FO/c1-17(2,3)14-7-8-15(18)16(13-14)20-12-11-19-9-5-4-6-10-19;2*1-14(2,3)11-6-12(15)8-13(7-11)16-9-10-4-5-10;1-14(2,3)11-6-7-12(15)13(8-11)16-9-10-4-5-10;1-5-6-15-12-8-10(13(2,3)4)7-11(14)9-12/h7-8,13H,4-6,9-12H2,1-3H3;6-8,10,16H,4-5,9H2,1-3H3;2*6-8,10H,4-5,9H2,1-3H3;7-9H,5-6H2,1-4H3/i;;2*9D2;6D2. The quantitative estimate of drug-likeness (QED) is 0.0994. The van der Waals surface area contributed by atoms with Gasteiger partial charge in [0.05, 0.1) is 27.9 Å². The molecular weight excluding hydrogens is 1050 g/mol. The molecule has 3 saturated carbocycles. The molecule has 11 heteroatoms. The van der Waals surface area contributed by atoms with Crippen molar-refractivity contribution in [3.05, 3.63) is 148 Å². The molecule has 0 atom stereocenters. The average Bonchev–Trinajstić information content (AvgIpc) is 2.91. The van der Waals surface area contributed by atoms with E-state index in [0.717, 1.165) is 91.3 Å². The fourth-order valence-corrected chi connectivity index (χ4v) is 8.27. The van der Waals surface area contributed by atoms with Gasteiger partial charge in [0, 0.05) is 30.9 Å². The lowest BCUT2D eigenvalue weighted by atomic mass is 9.87. The molecule has 0 spiro atoms. The van der Waals surface area contributed by atoms with E-state index in [2.05, 4.69) is 57.8 Å². The van der Waals surface area contributed by atoms with Crippen LogP contribution in [0, 0.1) is 46.8 Å². The first-order valence-electron chi connectivity index (χ1n) is 33.1. The lowest BCUT2D eigenvalue weighted by molar-refractivity contribution is 0.180. The van der Waals surface area contributed by atoms with Gasteiger partial charge in [0.25, 0.3) is 0 Å². The summed E-state index contributed by atoms with van der Waals surface area (Å²) in [5, 5.41) is 3.32. The van der Waals surface area contributed by atoms with Crippen molar-refractivity contribution in [3.63, 3.8) is 0 Å². The summed E-state index contributed by atoms with van der Waals surface area (Å²) in [7, 11) is 0. The third-order valence-electron chi connectivity index (χ3n) is 14.4. The van der Waals surface area contributed by atoms with Crippen LogP contribution < -0.4 is 24.3 Å². The van der Waals surface area contributed by atoms with Gasteiger partial charge in [-0.3, -0.25) is 4.90 Å². The summed E-state index contributed by atoms with van der Waals surface area (Å²) in [6.07, 6.45) is 10.0. The van der Waals surface area contributed by atoms with Gasteiger partial charge in [-0.1, -0.05) is 129 Å². The molecule has 83 heavy (non-hydrogen) atoms. The molecule has 0 radical (unpaired) electrons. The van der Waals surface area contributed by atoms with Crippen LogP contribution in [0.2, 0.25) is 0 Å². The van der Waals surface area contributed by atoms with Crippen LogP contribution in [0.3, 0.4) is 0 Å². The third-order valence-corrected chi connectivity index (χ3v) is 14.4. The first-order chi connectivity index (χ1) is 40.9. The highest BCUT2D eigenvalue weighted by atomic mass is 19.1. The van der Waals surface area contributed by atoms with Crippen molar-refractivity contribution in [3.8, 4) is 23.0 Å². The van der Waals surface area contributed by atoms with Gasteiger partial charge < -0.3 is 24.3 Å². The number of ether oxygens (including phenoxy) is 4. The number of anilines is 1. The summed E-state index contributed by atoms with van der Waals surface area (Å²) in [6.45, 7) is 31.8. The lowest BCUT2D eigenvalue weighted by Gasteiger charge is -2.26. The lowest BCUT2D eigenvalue weighted by Crippen LogP contribution is -2.33. The zero-order chi connectivity index (χ0) is 66.7. The highest BCUT2D eigenvalue weighted by molar-refractivity contribution is 5.48. The zero-order valence-electron chi connectivity index (χ0n) is 59.0. The Morgan fingerprint density at radius 2 is 0.867 bits per heavy atom. The smallest absolute Gasteiger partial charge is 0.165 e. The zero-order valence-corrected chi connectivity index (χ0v) is 53.0. The number of hydrogen-bond donors (Lipinski definition) is 1. The highest BCUT2D eigenvalue weighted by Crippen LogP contribution is 2.35. The van der Waals surface area contributed by atoms with Crippen LogP contribution in [0.25, 0.3) is 0 Å². The van der Waals surface area contributed by atoms with Gasteiger partial charge in [-0.2, -0.15) is 0 Å². The first-order valence-corrected chi connectivity index (χ1v) is 30.1. The fraction of sp³-hybridized carbons (Fsp3) is 0.583. The van der Waals surface area contributed by atoms with Crippen LogP contribution in [0.1, 0.15) is 211 Å². The largest absolute Gasteiger partial charge is 0.493 e. The van der Waals surface area contributed by atoms with Gasteiger partial charge in [-0.25, -0.2) is 22.0 Å². The molecule has 0 aromatic heterocycles. The second-order valence-electron chi connectivity index (χ2n) is 27.8. The molecule has 1 aliphatic heterocycles.